The molecule has 1 atom stereocenters. The van der Waals surface area contributed by atoms with Crippen molar-refractivity contribution in [1.29, 1.82) is 0 Å². The maximum Gasteiger partial charge on any atom is 0.408 e. The van der Waals surface area contributed by atoms with Crippen molar-refractivity contribution in [1.82, 2.24) is 30.4 Å². The average molecular weight is 734 g/mol. The summed E-state index contributed by atoms with van der Waals surface area (Å²) < 4.78 is 18.1. The molecule has 3 aromatic carbocycles. The molecule has 284 valence electrons. The van der Waals surface area contributed by atoms with E-state index in [0.29, 0.717) is 31.1 Å². The predicted molar refractivity (Wildman–Crippen MR) is 211 cm³/mol. The molecule has 0 unspecified atom stereocenters. The molecule has 4 aromatic rings. The van der Waals surface area contributed by atoms with Crippen LogP contribution in [0.1, 0.15) is 74.7 Å². The Morgan fingerprint density at radius 1 is 1.00 bits per heavy atom. The highest BCUT2D eigenvalue weighted by Gasteiger charge is 2.31. The van der Waals surface area contributed by atoms with Crippen LogP contribution in [-0.4, -0.2) is 77.8 Å². The summed E-state index contributed by atoms with van der Waals surface area (Å²) in [5, 5.41) is 6.07. The second kappa shape index (κ2) is 17.5. The highest BCUT2D eigenvalue weighted by Crippen LogP contribution is 2.50. The molecule has 0 saturated carbocycles. The molecule has 12 nitrogen and oxygen atoms in total. The Kier molecular flexibility index (Phi) is 12.3. The molecule has 0 radical (unpaired) electrons. The average Bonchev–Trinajstić information content (AvgIpc) is 3.64. The summed E-state index contributed by atoms with van der Waals surface area (Å²) in [4.78, 5) is 43.3. The highest BCUT2D eigenvalue weighted by atomic mass is 16.6. The molecular weight excluding hydrogens is 683 g/mol. The summed E-state index contributed by atoms with van der Waals surface area (Å²) in [7, 11) is 3.99. The van der Waals surface area contributed by atoms with Gasteiger partial charge < -0.3 is 39.6 Å². The van der Waals surface area contributed by atoms with Crippen LogP contribution in [0, 0.1) is 0 Å². The van der Waals surface area contributed by atoms with Crippen molar-refractivity contribution in [3.8, 4) is 33.9 Å². The maximum absolute atomic E-state index is 14.0. The van der Waals surface area contributed by atoms with Crippen LogP contribution >= 0.6 is 0 Å². The molecule has 0 aliphatic carbocycles. The fourth-order valence-corrected chi connectivity index (χ4v) is 6.85. The van der Waals surface area contributed by atoms with E-state index < -0.39 is 12.1 Å². The molecule has 2 aliphatic heterocycles. The topological polar surface area (TPSA) is 133 Å². The van der Waals surface area contributed by atoms with Crippen LogP contribution in [0.2, 0.25) is 0 Å². The molecule has 54 heavy (non-hydrogen) atoms. The lowest BCUT2D eigenvalue weighted by Crippen LogP contribution is -2.43. The first-order valence-corrected chi connectivity index (χ1v) is 18.7. The number of aromatic nitrogens is 2. The minimum atomic E-state index is -0.912. The Labute approximate surface area is 317 Å². The largest absolute Gasteiger partial charge is 0.488 e. The van der Waals surface area contributed by atoms with Gasteiger partial charge in [-0.1, -0.05) is 44.2 Å². The SMILES string of the molecule is CCCN(C)CC=N/C=C(\NC)c1cc2c3c(c1)OCc1cc(-c4cnc(CN(CCC)C(=O)[C@H](NC(=O)OC(C)C)c5ccccc5)[nH]4)cc(c1-3)OC2. The monoisotopic (exact) mass is 733 g/mol. The molecule has 2 aliphatic rings. The van der Waals surface area contributed by atoms with Crippen LogP contribution in [-0.2, 0) is 29.3 Å². The van der Waals surface area contributed by atoms with Crippen molar-refractivity contribution in [2.24, 2.45) is 4.99 Å². The number of rotatable bonds is 16. The van der Waals surface area contributed by atoms with Gasteiger partial charge in [-0.25, -0.2) is 9.78 Å². The number of imidazole rings is 1. The molecule has 0 fully saturated rings. The van der Waals surface area contributed by atoms with Gasteiger partial charge in [-0.05, 0) is 70.1 Å². The van der Waals surface area contributed by atoms with Crippen molar-refractivity contribution < 1.29 is 23.8 Å². The van der Waals surface area contributed by atoms with Crippen molar-refractivity contribution in [2.45, 2.75) is 72.4 Å². The third-order valence-corrected chi connectivity index (χ3v) is 9.34. The molecule has 2 amide bonds. The second-order valence-electron chi connectivity index (χ2n) is 13.9. The Hall–Kier alpha value is -5.62. The van der Waals surface area contributed by atoms with Gasteiger partial charge in [0.2, 0.25) is 5.91 Å². The molecular formula is C42H51N7O5. The standard InChI is InChI=1S/C42H51N7O5/c1-7-15-48(6)17-14-44-22-33(43-5)29-18-31-25-53-36-21-30(19-32-26-52-35(20-29)38(31)39(32)36)34-23-45-37(46-34)24-49(16-8-2)41(50)40(28-12-10-9-11-13-28)47-42(51)54-27(3)4/h9-14,18-23,27,40,43H,7-8,15-17,24-26H2,1-6H3,(H,45,46)(H,47,51)/b33-22-,44-14?/t40-/m1/s1. The molecule has 3 N–H and O–H groups in total. The number of amides is 2. The van der Waals surface area contributed by atoms with Gasteiger partial charge in [-0.15, -0.1) is 0 Å². The zero-order chi connectivity index (χ0) is 38.2. The van der Waals surface area contributed by atoms with Crippen LogP contribution in [0.3, 0.4) is 0 Å². The van der Waals surface area contributed by atoms with Crippen LogP contribution < -0.4 is 20.1 Å². The van der Waals surface area contributed by atoms with E-state index in [1.54, 1.807) is 24.9 Å². The van der Waals surface area contributed by atoms with Gasteiger partial charge in [-0.3, -0.25) is 9.79 Å². The smallest absolute Gasteiger partial charge is 0.408 e. The molecule has 3 heterocycles. The number of ether oxygens (including phenoxy) is 3. The first kappa shape index (κ1) is 38.1. The summed E-state index contributed by atoms with van der Waals surface area (Å²) in [6, 6.07) is 16.7. The van der Waals surface area contributed by atoms with E-state index in [1.165, 1.54) is 0 Å². The summed E-state index contributed by atoms with van der Waals surface area (Å²) in [6.07, 6.45) is 6.42. The van der Waals surface area contributed by atoms with E-state index in [9.17, 15) is 9.59 Å². The Bertz CT molecular complexity index is 1950. The van der Waals surface area contributed by atoms with Crippen LogP contribution in [0.25, 0.3) is 28.1 Å². The normalized spacial score (nSPS) is 13.7. The third-order valence-electron chi connectivity index (χ3n) is 9.34. The Morgan fingerprint density at radius 3 is 2.39 bits per heavy atom. The number of benzene rings is 3. The number of H-pyrrole nitrogens is 1. The molecule has 12 heteroatoms. The minimum Gasteiger partial charge on any atom is -0.488 e. The van der Waals surface area contributed by atoms with Gasteiger partial charge >= 0.3 is 6.09 Å². The van der Waals surface area contributed by atoms with Gasteiger partial charge in [0.05, 0.1) is 36.4 Å². The number of carbonyl (C=O) groups excluding carboxylic acids is 2. The third kappa shape index (κ3) is 8.77. The van der Waals surface area contributed by atoms with E-state index in [-0.39, 0.29) is 18.6 Å². The molecule has 1 aromatic heterocycles. The highest BCUT2D eigenvalue weighted by molar-refractivity contribution is 5.89. The quantitative estimate of drug-likeness (QED) is 0.104. The number of hydrogen-bond acceptors (Lipinski definition) is 9. The number of nitrogens with zero attached hydrogens (tertiary/aromatic N) is 4. The summed E-state index contributed by atoms with van der Waals surface area (Å²) in [5.74, 6) is 1.99. The fourth-order valence-electron chi connectivity index (χ4n) is 6.85. The number of hydrogen-bond donors (Lipinski definition) is 3. The van der Waals surface area contributed by atoms with Crippen molar-refractivity contribution in [2.75, 3.05) is 33.7 Å². The predicted octanol–water partition coefficient (Wildman–Crippen LogP) is 7.07. The van der Waals surface area contributed by atoms with E-state index in [4.69, 9.17) is 14.2 Å². The molecule has 6 rings (SSSR count). The first-order valence-electron chi connectivity index (χ1n) is 18.7. The second-order valence-corrected chi connectivity index (χ2v) is 13.9. The summed E-state index contributed by atoms with van der Waals surface area (Å²) in [5.41, 5.74) is 8.46. The van der Waals surface area contributed by atoms with E-state index >= 15 is 0 Å². The van der Waals surface area contributed by atoms with Gasteiger partial charge in [-0.2, -0.15) is 0 Å². The number of aromatic amines is 1. The van der Waals surface area contributed by atoms with Crippen LogP contribution in [0.15, 0.2) is 72.0 Å². The van der Waals surface area contributed by atoms with Crippen LogP contribution in [0.4, 0.5) is 4.79 Å². The number of carbonyl (C=O) groups is 2. The van der Waals surface area contributed by atoms with Crippen molar-refractivity contribution in [3.63, 3.8) is 0 Å². The van der Waals surface area contributed by atoms with Gasteiger partial charge in [0.15, 0.2) is 0 Å². The first-order chi connectivity index (χ1) is 26.2. The number of aliphatic imine (C=N–C) groups is 1. The fraction of sp³-hybridized carbons (Fsp3) is 0.381. The number of nitrogens with one attached hydrogen (secondary N) is 3. The molecule has 0 spiro atoms. The molecule has 0 saturated heterocycles. The molecule has 0 bridgehead atoms. The lowest BCUT2D eigenvalue weighted by atomic mass is 9.87. The lowest BCUT2D eigenvalue weighted by Gasteiger charge is -2.30. The Balaban J connectivity index is 1.22. The lowest BCUT2D eigenvalue weighted by molar-refractivity contribution is -0.134. The number of alkyl carbamates (subject to hydrolysis) is 1. The summed E-state index contributed by atoms with van der Waals surface area (Å²) >= 11 is 0. The van der Waals surface area contributed by atoms with Crippen molar-refractivity contribution in [3.05, 3.63) is 95.1 Å². The van der Waals surface area contributed by atoms with Gasteiger partial charge in [0.1, 0.15) is 36.6 Å². The van der Waals surface area contributed by atoms with Gasteiger partial charge in [0, 0.05) is 59.7 Å². The maximum atomic E-state index is 14.0. The van der Waals surface area contributed by atoms with Gasteiger partial charge in [0.25, 0.3) is 0 Å². The Morgan fingerprint density at radius 2 is 1.70 bits per heavy atom. The summed E-state index contributed by atoms with van der Waals surface area (Å²) in [6.45, 7) is 11.0. The zero-order valence-electron chi connectivity index (χ0n) is 32.1. The van der Waals surface area contributed by atoms with Crippen LogP contribution in [0.5, 0.6) is 11.5 Å². The zero-order valence-corrected chi connectivity index (χ0v) is 32.1. The minimum absolute atomic E-state index is 0.234. The van der Waals surface area contributed by atoms with E-state index in [2.05, 4.69) is 62.7 Å². The van der Waals surface area contributed by atoms with Crippen molar-refractivity contribution >= 4 is 23.9 Å². The van der Waals surface area contributed by atoms with E-state index in [1.807, 2.05) is 62.8 Å². The van der Waals surface area contributed by atoms with E-state index in [0.717, 1.165) is 82.2 Å².